The monoisotopic (exact) mass is 286 g/mol. The maximum atomic E-state index is 9.47. The van der Waals surface area contributed by atoms with E-state index in [0.29, 0.717) is 5.92 Å². The van der Waals surface area contributed by atoms with Gasteiger partial charge >= 0.3 is 0 Å². The number of aromatic nitrogens is 1. The van der Waals surface area contributed by atoms with Crippen LogP contribution in [-0.2, 0) is 6.61 Å². The number of aliphatic hydroxyl groups excluding tert-OH is 1. The van der Waals surface area contributed by atoms with E-state index < -0.39 is 0 Å². The molecule has 0 spiro atoms. The molecule has 21 heavy (non-hydrogen) atoms. The van der Waals surface area contributed by atoms with Gasteiger partial charge < -0.3 is 10.0 Å². The highest BCUT2D eigenvalue weighted by molar-refractivity contribution is 5.92. The van der Waals surface area contributed by atoms with Gasteiger partial charge in [-0.05, 0) is 25.0 Å². The van der Waals surface area contributed by atoms with Crippen molar-refractivity contribution in [1.82, 2.24) is 4.98 Å². The summed E-state index contributed by atoms with van der Waals surface area (Å²) in [6, 6.07) is 10.2. The van der Waals surface area contributed by atoms with Gasteiger partial charge in [0.1, 0.15) is 0 Å². The van der Waals surface area contributed by atoms with Crippen LogP contribution in [0.15, 0.2) is 30.3 Å². The third-order valence-corrected chi connectivity index (χ3v) is 4.27. The summed E-state index contributed by atoms with van der Waals surface area (Å²) in [4.78, 5) is 6.93. The van der Waals surface area contributed by atoms with Crippen LogP contribution in [0.1, 0.15) is 39.3 Å². The van der Waals surface area contributed by atoms with Gasteiger partial charge in [-0.2, -0.15) is 0 Å². The third-order valence-electron chi connectivity index (χ3n) is 4.27. The summed E-state index contributed by atoms with van der Waals surface area (Å²) in [5.41, 5.74) is 2.90. The second-order valence-electron chi connectivity index (χ2n) is 5.53. The molecule has 3 heteroatoms. The Hall–Kier alpha value is -1.61. The number of benzene rings is 1. The molecule has 2 rings (SSSR count). The van der Waals surface area contributed by atoms with E-state index in [0.717, 1.165) is 24.3 Å². The van der Waals surface area contributed by atoms with Crippen molar-refractivity contribution in [3.05, 3.63) is 36.0 Å². The molecule has 0 radical (unpaired) electrons. The van der Waals surface area contributed by atoms with Gasteiger partial charge in [0.2, 0.25) is 0 Å². The second kappa shape index (κ2) is 7.41. The van der Waals surface area contributed by atoms with Gasteiger partial charge in [0.15, 0.2) is 0 Å². The zero-order valence-electron chi connectivity index (χ0n) is 13.3. The first-order valence-corrected chi connectivity index (χ1v) is 7.97. The molecule has 2 aromatic rings. The van der Waals surface area contributed by atoms with E-state index in [-0.39, 0.29) is 6.61 Å². The minimum absolute atomic E-state index is 0.0135. The lowest BCUT2D eigenvalue weighted by Crippen LogP contribution is -2.29. The SMILES string of the molecule is CCC(CC)CN(CC)c1cc(CO)nc2ccccc12. The van der Waals surface area contributed by atoms with Crippen LogP contribution in [0.4, 0.5) is 5.69 Å². The van der Waals surface area contributed by atoms with Crippen LogP contribution in [0.5, 0.6) is 0 Å². The Morgan fingerprint density at radius 3 is 2.48 bits per heavy atom. The average molecular weight is 286 g/mol. The summed E-state index contributed by atoms with van der Waals surface area (Å²) in [5.74, 6) is 0.703. The van der Waals surface area contributed by atoms with Gasteiger partial charge in [-0.3, -0.25) is 4.98 Å². The van der Waals surface area contributed by atoms with E-state index >= 15 is 0 Å². The number of pyridine rings is 1. The summed E-state index contributed by atoms with van der Waals surface area (Å²) in [6.07, 6.45) is 2.39. The summed E-state index contributed by atoms with van der Waals surface area (Å²) >= 11 is 0. The van der Waals surface area contributed by atoms with Gasteiger partial charge in [-0.15, -0.1) is 0 Å². The first kappa shape index (κ1) is 15.8. The number of fused-ring (bicyclic) bond motifs is 1. The van der Waals surface area contributed by atoms with Gasteiger partial charge in [0.05, 0.1) is 17.8 Å². The minimum Gasteiger partial charge on any atom is -0.390 e. The highest BCUT2D eigenvalue weighted by Gasteiger charge is 2.14. The molecule has 0 aliphatic rings. The number of hydrogen-bond acceptors (Lipinski definition) is 3. The van der Waals surface area contributed by atoms with E-state index in [1.165, 1.54) is 23.9 Å². The predicted molar refractivity (Wildman–Crippen MR) is 89.6 cm³/mol. The molecule has 0 aliphatic heterocycles. The Labute approximate surface area is 127 Å². The van der Waals surface area contributed by atoms with E-state index in [1.54, 1.807) is 0 Å². The van der Waals surface area contributed by atoms with Crippen molar-refractivity contribution >= 4 is 16.6 Å². The molecule has 1 N–H and O–H groups in total. The van der Waals surface area contributed by atoms with Crippen molar-refractivity contribution in [1.29, 1.82) is 0 Å². The molecule has 1 heterocycles. The van der Waals surface area contributed by atoms with E-state index in [1.807, 2.05) is 18.2 Å². The van der Waals surface area contributed by atoms with Crippen molar-refractivity contribution in [3.63, 3.8) is 0 Å². The number of para-hydroxylation sites is 1. The van der Waals surface area contributed by atoms with Crippen LogP contribution >= 0.6 is 0 Å². The summed E-state index contributed by atoms with van der Waals surface area (Å²) in [5, 5.41) is 10.6. The fourth-order valence-electron chi connectivity index (χ4n) is 2.81. The Balaban J connectivity index is 2.46. The van der Waals surface area contributed by atoms with Gasteiger partial charge in [-0.25, -0.2) is 0 Å². The van der Waals surface area contributed by atoms with Gasteiger partial charge in [-0.1, -0.05) is 44.9 Å². The normalized spacial score (nSPS) is 11.3. The Morgan fingerprint density at radius 1 is 1.14 bits per heavy atom. The highest BCUT2D eigenvalue weighted by Crippen LogP contribution is 2.28. The third kappa shape index (κ3) is 3.53. The van der Waals surface area contributed by atoms with Crippen LogP contribution in [-0.4, -0.2) is 23.2 Å². The molecule has 0 unspecified atom stereocenters. The smallest absolute Gasteiger partial charge is 0.0854 e. The number of anilines is 1. The number of aliphatic hydroxyl groups is 1. The lowest BCUT2D eigenvalue weighted by molar-refractivity contribution is 0.277. The van der Waals surface area contributed by atoms with Crippen molar-refractivity contribution in [3.8, 4) is 0 Å². The Kier molecular flexibility index (Phi) is 5.57. The lowest BCUT2D eigenvalue weighted by atomic mass is 10.0. The average Bonchev–Trinajstić information content (AvgIpc) is 2.55. The molecule has 0 saturated carbocycles. The number of hydrogen-bond donors (Lipinski definition) is 1. The zero-order valence-corrected chi connectivity index (χ0v) is 13.3. The first-order valence-electron chi connectivity index (χ1n) is 7.97. The van der Waals surface area contributed by atoms with Crippen LogP contribution in [0.3, 0.4) is 0 Å². The molecule has 0 atom stereocenters. The Bertz CT molecular complexity index is 578. The second-order valence-corrected chi connectivity index (χ2v) is 5.53. The fourth-order valence-corrected chi connectivity index (χ4v) is 2.81. The van der Waals surface area contributed by atoms with E-state index in [9.17, 15) is 5.11 Å². The van der Waals surface area contributed by atoms with Crippen LogP contribution < -0.4 is 4.90 Å². The van der Waals surface area contributed by atoms with Crippen molar-refractivity contribution < 1.29 is 5.11 Å². The molecular formula is C18H26N2O. The van der Waals surface area contributed by atoms with Crippen LogP contribution in [0.25, 0.3) is 10.9 Å². The highest BCUT2D eigenvalue weighted by atomic mass is 16.3. The molecule has 0 fully saturated rings. The fraction of sp³-hybridized carbons (Fsp3) is 0.500. The molecule has 0 bridgehead atoms. The molecule has 0 amide bonds. The quantitative estimate of drug-likeness (QED) is 0.836. The molecular weight excluding hydrogens is 260 g/mol. The molecule has 3 nitrogen and oxygen atoms in total. The number of nitrogens with zero attached hydrogens (tertiary/aromatic N) is 2. The molecule has 0 saturated heterocycles. The molecule has 1 aromatic heterocycles. The van der Waals surface area contributed by atoms with E-state index in [4.69, 9.17) is 0 Å². The minimum atomic E-state index is -0.0135. The first-order chi connectivity index (χ1) is 10.2. The number of rotatable bonds is 7. The van der Waals surface area contributed by atoms with Crippen LogP contribution in [0, 0.1) is 5.92 Å². The molecule has 114 valence electrons. The topological polar surface area (TPSA) is 36.4 Å². The van der Waals surface area contributed by atoms with Crippen molar-refractivity contribution in [2.24, 2.45) is 5.92 Å². The van der Waals surface area contributed by atoms with Gasteiger partial charge in [0.25, 0.3) is 0 Å². The maximum absolute atomic E-state index is 9.47. The lowest BCUT2D eigenvalue weighted by Gasteiger charge is -2.29. The molecule has 1 aromatic carbocycles. The zero-order chi connectivity index (χ0) is 15.2. The summed E-state index contributed by atoms with van der Waals surface area (Å²) < 4.78 is 0. The van der Waals surface area contributed by atoms with Crippen LogP contribution in [0.2, 0.25) is 0 Å². The summed E-state index contributed by atoms with van der Waals surface area (Å²) in [7, 11) is 0. The molecule has 0 aliphatic carbocycles. The van der Waals surface area contributed by atoms with Crippen molar-refractivity contribution in [2.45, 2.75) is 40.2 Å². The maximum Gasteiger partial charge on any atom is 0.0854 e. The van der Waals surface area contributed by atoms with E-state index in [2.05, 4.69) is 42.8 Å². The summed E-state index contributed by atoms with van der Waals surface area (Å²) in [6.45, 7) is 8.71. The van der Waals surface area contributed by atoms with Gasteiger partial charge in [0, 0.05) is 24.2 Å². The van der Waals surface area contributed by atoms with Crippen molar-refractivity contribution in [2.75, 3.05) is 18.0 Å². The standard InChI is InChI=1S/C18H26N2O/c1-4-14(5-2)12-20(6-3)18-11-15(13-21)19-17-10-8-7-9-16(17)18/h7-11,14,21H,4-6,12-13H2,1-3H3. The largest absolute Gasteiger partial charge is 0.390 e. The predicted octanol–water partition coefficient (Wildman–Crippen LogP) is 3.99. The Morgan fingerprint density at radius 2 is 1.86 bits per heavy atom.